The van der Waals surface area contributed by atoms with Crippen molar-refractivity contribution in [2.24, 2.45) is 0 Å². The van der Waals surface area contributed by atoms with Crippen molar-refractivity contribution in [3.05, 3.63) is 53.6 Å². The Morgan fingerprint density at radius 2 is 1.77 bits per heavy atom. The normalized spacial score (nSPS) is 15.6. The molecule has 1 N–H and O–H groups in total. The van der Waals surface area contributed by atoms with Gasteiger partial charge in [0.25, 0.3) is 5.91 Å². The number of carbonyl (C=O) groups is 2. The summed E-state index contributed by atoms with van der Waals surface area (Å²) in [5.41, 5.74) is 4.98. The van der Waals surface area contributed by atoms with Gasteiger partial charge in [-0.05, 0) is 53.8 Å². The van der Waals surface area contributed by atoms with Gasteiger partial charge in [0.15, 0.2) is 0 Å². The van der Waals surface area contributed by atoms with E-state index in [2.05, 4.69) is 11.4 Å². The summed E-state index contributed by atoms with van der Waals surface area (Å²) < 4.78 is 10.3. The summed E-state index contributed by atoms with van der Waals surface area (Å²) in [6, 6.07) is 13.9. The number of carbonyl (C=O) groups excluding carboxylic acids is 2. The lowest BCUT2D eigenvalue weighted by molar-refractivity contribution is 0.0303. The van der Waals surface area contributed by atoms with Crippen LogP contribution in [0.15, 0.2) is 42.5 Å². The smallest absolute Gasteiger partial charge is 0.321 e. The third-order valence-electron chi connectivity index (χ3n) is 5.79. The molecule has 2 aromatic rings. The molecule has 0 aromatic heterocycles. The topological polar surface area (TPSA) is 71.1 Å². The van der Waals surface area contributed by atoms with Gasteiger partial charge in [0.05, 0.1) is 13.2 Å². The number of amides is 3. The van der Waals surface area contributed by atoms with E-state index in [9.17, 15) is 9.59 Å². The highest BCUT2D eigenvalue weighted by Crippen LogP contribution is 2.32. The second kappa shape index (κ2) is 9.94. The SMILES string of the molecule is COCCCNC(=O)N1CCc2cc(-c3ccc(C(=O)N4CCOCC4)cc3)ccc21. The first-order valence-electron chi connectivity index (χ1n) is 10.8. The van der Waals surface area contributed by atoms with E-state index in [1.807, 2.05) is 41.3 Å². The van der Waals surface area contributed by atoms with Crippen LogP contribution in [0.3, 0.4) is 0 Å². The largest absolute Gasteiger partial charge is 0.385 e. The molecule has 2 heterocycles. The zero-order valence-corrected chi connectivity index (χ0v) is 17.9. The summed E-state index contributed by atoms with van der Waals surface area (Å²) >= 11 is 0. The lowest BCUT2D eigenvalue weighted by Gasteiger charge is -2.26. The Morgan fingerprint density at radius 1 is 1.03 bits per heavy atom. The molecule has 0 aliphatic carbocycles. The van der Waals surface area contributed by atoms with Crippen LogP contribution in [0.1, 0.15) is 22.3 Å². The Bertz CT molecular complexity index is 923. The fourth-order valence-electron chi connectivity index (χ4n) is 4.05. The van der Waals surface area contributed by atoms with Gasteiger partial charge in [-0.1, -0.05) is 18.2 Å². The molecule has 1 fully saturated rings. The van der Waals surface area contributed by atoms with Crippen LogP contribution in [0.4, 0.5) is 10.5 Å². The van der Waals surface area contributed by atoms with Crippen LogP contribution in [-0.4, -0.2) is 69.9 Å². The molecule has 2 aliphatic rings. The molecule has 7 heteroatoms. The zero-order valence-electron chi connectivity index (χ0n) is 17.9. The zero-order chi connectivity index (χ0) is 21.6. The minimum Gasteiger partial charge on any atom is -0.385 e. The van der Waals surface area contributed by atoms with Crippen molar-refractivity contribution in [2.45, 2.75) is 12.8 Å². The predicted molar refractivity (Wildman–Crippen MR) is 120 cm³/mol. The number of hydrogen-bond donors (Lipinski definition) is 1. The molecular formula is C24H29N3O4. The summed E-state index contributed by atoms with van der Waals surface area (Å²) in [7, 11) is 1.66. The van der Waals surface area contributed by atoms with E-state index in [0.29, 0.717) is 51.6 Å². The molecule has 0 spiro atoms. The monoisotopic (exact) mass is 423 g/mol. The second-order valence-electron chi connectivity index (χ2n) is 7.81. The van der Waals surface area contributed by atoms with Crippen molar-refractivity contribution in [3.63, 3.8) is 0 Å². The van der Waals surface area contributed by atoms with Crippen molar-refractivity contribution >= 4 is 17.6 Å². The Labute approximate surface area is 182 Å². The number of urea groups is 1. The Morgan fingerprint density at radius 3 is 2.52 bits per heavy atom. The molecule has 2 aromatic carbocycles. The van der Waals surface area contributed by atoms with Gasteiger partial charge in [-0.15, -0.1) is 0 Å². The molecule has 1 saturated heterocycles. The Kier molecular flexibility index (Phi) is 6.84. The van der Waals surface area contributed by atoms with Gasteiger partial charge in [0, 0.05) is 51.1 Å². The average Bonchev–Trinajstić information content (AvgIpc) is 3.25. The van der Waals surface area contributed by atoms with E-state index in [1.165, 1.54) is 0 Å². The summed E-state index contributed by atoms with van der Waals surface area (Å²) in [6.45, 7) is 4.40. The highest BCUT2D eigenvalue weighted by atomic mass is 16.5. The van der Waals surface area contributed by atoms with Crippen molar-refractivity contribution < 1.29 is 19.1 Å². The number of hydrogen-bond acceptors (Lipinski definition) is 4. The van der Waals surface area contributed by atoms with Gasteiger partial charge < -0.3 is 19.7 Å². The highest BCUT2D eigenvalue weighted by Gasteiger charge is 2.25. The number of ether oxygens (including phenoxy) is 2. The molecule has 2 aliphatic heterocycles. The van der Waals surface area contributed by atoms with E-state index in [4.69, 9.17) is 9.47 Å². The molecule has 0 saturated carbocycles. The van der Waals surface area contributed by atoms with Gasteiger partial charge in [0.1, 0.15) is 0 Å². The summed E-state index contributed by atoms with van der Waals surface area (Å²) in [6.07, 6.45) is 1.63. The number of nitrogens with zero attached hydrogens (tertiary/aromatic N) is 2. The predicted octanol–water partition coefficient (Wildman–Crippen LogP) is 2.93. The number of rotatable bonds is 6. The maximum Gasteiger partial charge on any atom is 0.321 e. The maximum atomic E-state index is 12.6. The number of morpholine rings is 1. The molecule has 3 amide bonds. The van der Waals surface area contributed by atoms with E-state index in [1.54, 1.807) is 12.0 Å². The first kappa shape index (κ1) is 21.3. The number of nitrogens with one attached hydrogen (secondary N) is 1. The summed E-state index contributed by atoms with van der Waals surface area (Å²) in [4.78, 5) is 28.8. The molecule has 0 atom stereocenters. The molecule has 0 radical (unpaired) electrons. The Balaban J connectivity index is 1.42. The number of anilines is 1. The van der Waals surface area contributed by atoms with Crippen LogP contribution >= 0.6 is 0 Å². The fourth-order valence-corrected chi connectivity index (χ4v) is 4.05. The first-order chi connectivity index (χ1) is 15.2. The van der Waals surface area contributed by atoms with Crippen molar-refractivity contribution in [1.82, 2.24) is 10.2 Å². The number of methoxy groups -OCH3 is 1. The van der Waals surface area contributed by atoms with Crippen molar-refractivity contribution in [3.8, 4) is 11.1 Å². The molecule has 4 rings (SSSR count). The van der Waals surface area contributed by atoms with Gasteiger partial charge in [-0.25, -0.2) is 4.79 Å². The fraction of sp³-hybridized carbons (Fsp3) is 0.417. The summed E-state index contributed by atoms with van der Waals surface area (Å²) in [5, 5.41) is 2.95. The quantitative estimate of drug-likeness (QED) is 0.726. The van der Waals surface area contributed by atoms with Crippen LogP contribution in [0.2, 0.25) is 0 Å². The van der Waals surface area contributed by atoms with E-state index in [0.717, 1.165) is 35.2 Å². The summed E-state index contributed by atoms with van der Waals surface area (Å²) in [5.74, 6) is 0.0518. The first-order valence-corrected chi connectivity index (χ1v) is 10.8. The van der Waals surface area contributed by atoms with E-state index < -0.39 is 0 Å². The third kappa shape index (κ3) is 4.89. The minimum absolute atomic E-state index is 0.0518. The van der Waals surface area contributed by atoms with E-state index >= 15 is 0 Å². The van der Waals surface area contributed by atoms with Crippen molar-refractivity contribution in [2.75, 3.05) is 58.0 Å². The molecule has 0 unspecified atom stereocenters. The number of fused-ring (bicyclic) bond motifs is 1. The molecular weight excluding hydrogens is 394 g/mol. The molecule has 31 heavy (non-hydrogen) atoms. The maximum absolute atomic E-state index is 12.6. The van der Waals surface area contributed by atoms with Gasteiger partial charge >= 0.3 is 6.03 Å². The van der Waals surface area contributed by atoms with Gasteiger partial charge in [-0.2, -0.15) is 0 Å². The lowest BCUT2D eigenvalue weighted by atomic mass is 10.0. The minimum atomic E-state index is -0.0615. The van der Waals surface area contributed by atoms with E-state index in [-0.39, 0.29) is 11.9 Å². The number of benzene rings is 2. The average molecular weight is 424 g/mol. The van der Waals surface area contributed by atoms with Crippen LogP contribution in [0, 0.1) is 0 Å². The van der Waals surface area contributed by atoms with Crippen LogP contribution < -0.4 is 10.2 Å². The lowest BCUT2D eigenvalue weighted by Crippen LogP contribution is -2.40. The van der Waals surface area contributed by atoms with Gasteiger partial charge in [-0.3, -0.25) is 9.69 Å². The van der Waals surface area contributed by atoms with Gasteiger partial charge in [0.2, 0.25) is 0 Å². The van der Waals surface area contributed by atoms with Crippen LogP contribution in [0.5, 0.6) is 0 Å². The molecule has 7 nitrogen and oxygen atoms in total. The highest BCUT2D eigenvalue weighted by molar-refractivity contribution is 5.96. The molecule has 164 valence electrons. The van der Waals surface area contributed by atoms with Crippen molar-refractivity contribution in [1.29, 1.82) is 0 Å². The third-order valence-corrected chi connectivity index (χ3v) is 5.79. The molecule has 0 bridgehead atoms. The van der Waals surface area contributed by atoms with Crippen LogP contribution in [-0.2, 0) is 15.9 Å². The standard InChI is InChI=1S/C24H29N3O4/c1-30-14-2-10-25-24(29)27-11-9-21-17-20(7-8-22(21)27)18-3-5-19(6-4-18)23(28)26-12-15-31-16-13-26/h3-8,17H,2,9-16H2,1H3,(H,25,29). The Hall–Kier alpha value is -2.90. The second-order valence-corrected chi connectivity index (χ2v) is 7.81. The van der Waals surface area contributed by atoms with Crippen LogP contribution in [0.25, 0.3) is 11.1 Å².